The number of rotatable bonds is 19. The number of alkyl halides is 1. The van der Waals surface area contributed by atoms with Crippen molar-refractivity contribution in [1.29, 1.82) is 0 Å². The fourth-order valence-electron chi connectivity index (χ4n) is 3.51. The van der Waals surface area contributed by atoms with Crippen molar-refractivity contribution in [2.45, 2.75) is 43.9 Å². The Kier molecular flexibility index (Phi) is 14.6. The average Bonchev–Trinajstić information content (AvgIpc) is 2.84. The minimum atomic E-state index is -1.32. The summed E-state index contributed by atoms with van der Waals surface area (Å²) in [7, 11) is 1.64. The van der Waals surface area contributed by atoms with Gasteiger partial charge in [0.05, 0.1) is 85.0 Å². The van der Waals surface area contributed by atoms with Gasteiger partial charge in [-0.15, -0.1) is 0 Å². The van der Waals surface area contributed by atoms with Crippen LogP contribution in [0.3, 0.4) is 0 Å². The largest absolute Gasteiger partial charge is 0.390 e. The Morgan fingerprint density at radius 1 is 0.879 bits per heavy atom. The van der Waals surface area contributed by atoms with Crippen LogP contribution in [-0.2, 0) is 35.0 Å². The Labute approximate surface area is 195 Å². The van der Waals surface area contributed by atoms with Crippen molar-refractivity contribution in [3.8, 4) is 0 Å². The third kappa shape index (κ3) is 12.1. The zero-order chi connectivity index (χ0) is 23.6. The van der Waals surface area contributed by atoms with Gasteiger partial charge < -0.3 is 33.5 Å². The van der Waals surface area contributed by atoms with Crippen LogP contribution >= 0.6 is 0 Å². The molecule has 10 heteroatoms. The van der Waals surface area contributed by atoms with Gasteiger partial charge in [-0.25, -0.2) is 14.4 Å². The van der Waals surface area contributed by atoms with Crippen molar-refractivity contribution in [2.75, 3.05) is 79.8 Å². The van der Waals surface area contributed by atoms with Crippen molar-refractivity contribution >= 4 is 0 Å². The zero-order valence-corrected chi connectivity index (χ0v) is 19.7. The number of hydrogen-bond donors (Lipinski definition) is 1. The molecule has 2 rings (SSSR count). The molecule has 0 aliphatic heterocycles. The first-order chi connectivity index (χ1) is 16.2. The minimum Gasteiger partial charge on any atom is -0.390 e. The summed E-state index contributed by atoms with van der Waals surface area (Å²) in [5.74, 6) is 0.821. The lowest BCUT2D eigenvalue weighted by atomic mass is 9.80. The van der Waals surface area contributed by atoms with E-state index in [1.807, 2.05) is 0 Å². The molecule has 1 aliphatic carbocycles. The predicted molar refractivity (Wildman–Crippen MR) is 119 cm³/mol. The summed E-state index contributed by atoms with van der Waals surface area (Å²) in [5, 5.41) is 9.22. The Morgan fingerprint density at radius 3 is 1.91 bits per heavy atom. The molecule has 1 fully saturated rings. The molecule has 0 amide bonds. The van der Waals surface area contributed by atoms with Crippen molar-refractivity contribution in [3.05, 3.63) is 23.8 Å². The van der Waals surface area contributed by atoms with E-state index in [0.29, 0.717) is 103 Å². The number of aliphatic hydroxyl groups excluding tert-OH is 1. The molecule has 1 heterocycles. The fraction of sp³-hybridized carbons (Fsp3) is 0.826. The van der Waals surface area contributed by atoms with Gasteiger partial charge in [0.1, 0.15) is 11.5 Å². The van der Waals surface area contributed by atoms with Crippen LogP contribution in [-0.4, -0.2) is 101 Å². The molecule has 0 saturated heterocycles. The van der Waals surface area contributed by atoms with E-state index in [1.165, 1.54) is 0 Å². The highest BCUT2D eigenvalue weighted by Crippen LogP contribution is 2.39. The summed E-state index contributed by atoms with van der Waals surface area (Å²) >= 11 is 0. The quantitative estimate of drug-likeness (QED) is 0.302. The topological polar surface area (TPSA) is 101 Å². The Morgan fingerprint density at radius 2 is 1.39 bits per heavy atom. The number of aliphatic hydroxyl groups is 1. The standard InChI is InChI=1S/C23H39FN2O7/c1-28-8-9-29-10-11-30-12-13-31-14-15-32-16-17-33-19-23(24)5-2-20(3-6-23)22-25-7-4-21(18-27)26-22/h4,7,20,27H,2-3,5-6,8-19H2,1H3/t20-,23+. The van der Waals surface area contributed by atoms with E-state index >= 15 is 0 Å². The lowest BCUT2D eigenvalue weighted by Gasteiger charge is -2.33. The minimum absolute atomic E-state index is 0.0731. The van der Waals surface area contributed by atoms with Crippen LogP contribution in [0.25, 0.3) is 0 Å². The Bertz CT molecular complexity index is 618. The maximum Gasteiger partial charge on any atom is 0.134 e. The van der Waals surface area contributed by atoms with Gasteiger partial charge in [-0.3, -0.25) is 0 Å². The lowest BCUT2D eigenvalue weighted by molar-refractivity contribution is -0.0399. The van der Waals surface area contributed by atoms with Crippen LogP contribution in [0, 0.1) is 0 Å². The molecule has 9 nitrogen and oxygen atoms in total. The van der Waals surface area contributed by atoms with Crippen LogP contribution in [0.5, 0.6) is 0 Å². The Hall–Kier alpha value is -1.27. The van der Waals surface area contributed by atoms with Crippen LogP contribution in [0.1, 0.15) is 43.1 Å². The van der Waals surface area contributed by atoms with E-state index in [-0.39, 0.29) is 19.1 Å². The number of hydrogen-bond acceptors (Lipinski definition) is 9. The van der Waals surface area contributed by atoms with Gasteiger partial charge in [0.15, 0.2) is 0 Å². The summed E-state index contributed by atoms with van der Waals surface area (Å²) in [6.07, 6.45) is 3.83. The molecule has 1 N–H and O–H groups in total. The maximum atomic E-state index is 15.0. The van der Waals surface area contributed by atoms with Crippen molar-refractivity contribution in [1.82, 2.24) is 9.97 Å². The fourth-order valence-corrected chi connectivity index (χ4v) is 3.51. The summed E-state index contributed by atoms with van der Waals surface area (Å²) in [6.45, 7) is 4.88. The van der Waals surface area contributed by atoms with E-state index in [1.54, 1.807) is 19.4 Å². The van der Waals surface area contributed by atoms with E-state index in [9.17, 15) is 9.50 Å². The van der Waals surface area contributed by atoms with Crippen molar-refractivity contribution < 1.29 is 37.9 Å². The number of nitrogens with zero attached hydrogens (tertiary/aromatic N) is 2. The summed E-state index contributed by atoms with van der Waals surface area (Å²) in [5.41, 5.74) is -0.720. The van der Waals surface area contributed by atoms with Crippen LogP contribution < -0.4 is 0 Å². The first kappa shape index (κ1) is 28.0. The number of ether oxygens (including phenoxy) is 6. The molecule has 190 valence electrons. The molecule has 0 atom stereocenters. The molecular weight excluding hydrogens is 435 g/mol. The van der Waals surface area contributed by atoms with Gasteiger partial charge in [-0.1, -0.05) is 0 Å². The normalized spacial score (nSPS) is 20.9. The molecule has 0 spiro atoms. The highest BCUT2D eigenvalue weighted by Gasteiger charge is 2.36. The van der Waals surface area contributed by atoms with E-state index in [2.05, 4.69) is 9.97 Å². The molecule has 0 aromatic carbocycles. The van der Waals surface area contributed by atoms with Crippen LogP contribution in [0.15, 0.2) is 12.3 Å². The highest BCUT2D eigenvalue weighted by molar-refractivity contribution is 5.07. The molecule has 1 aromatic rings. The molecule has 1 aliphatic rings. The van der Waals surface area contributed by atoms with Crippen LogP contribution in [0.2, 0.25) is 0 Å². The van der Waals surface area contributed by atoms with E-state index in [4.69, 9.17) is 28.4 Å². The van der Waals surface area contributed by atoms with Gasteiger partial charge in [0.2, 0.25) is 0 Å². The summed E-state index contributed by atoms with van der Waals surface area (Å²) in [6, 6.07) is 1.69. The first-order valence-electron chi connectivity index (χ1n) is 11.7. The molecule has 1 saturated carbocycles. The van der Waals surface area contributed by atoms with E-state index < -0.39 is 5.67 Å². The molecule has 0 radical (unpaired) electrons. The van der Waals surface area contributed by atoms with Crippen LogP contribution in [0.4, 0.5) is 4.39 Å². The third-order valence-electron chi connectivity index (χ3n) is 5.42. The van der Waals surface area contributed by atoms with Crippen molar-refractivity contribution in [3.63, 3.8) is 0 Å². The zero-order valence-electron chi connectivity index (χ0n) is 19.7. The molecule has 0 unspecified atom stereocenters. The smallest absolute Gasteiger partial charge is 0.134 e. The highest BCUT2D eigenvalue weighted by atomic mass is 19.1. The first-order valence-corrected chi connectivity index (χ1v) is 11.7. The molecule has 33 heavy (non-hydrogen) atoms. The van der Waals surface area contributed by atoms with Gasteiger partial charge >= 0.3 is 0 Å². The number of aromatic nitrogens is 2. The Balaban J connectivity index is 1.40. The van der Waals surface area contributed by atoms with Gasteiger partial charge in [-0.05, 0) is 31.7 Å². The summed E-state index contributed by atoms with van der Waals surface area (Å²) in [4.78, 5) is 8.64. The lowest BCUT2D eigenvalue weighted by Crippen LogP contribution is -2.34. The second-order valence-electron chi connectivity index (χ2n) is 7.98. The predicted octanol–water partition coefficient (Wildman–Crippen LogP) is 2.06. The maximum absolute atomic E-state index is 15.0. The van der Waals surface area contributed by atoms with Gasteiger partial charge in [0.25, 0.3) is 0 Å². The van der Waals surface area contributed by atoms with Gasteiger partial charge in [-0.2, -0.15) is 0 Å². The van der Waals surface area contributed by atoms with Crippen molar-refractivity contribution in [2.24, 2.45) is 0 Å². The SMILES string of the molecule is COCCOCCOCCOCCOCCOC[C@]1(F)CC[C@@H](c2nccc(CO)n2)CC1. The third-order valence-corrected chi connectivity index (χ3v) is 5.42. The molecular formula is C23H39FN2O7. The molecule has 1 aromatic heterocycles. The summed E-state index contributed by atoms with van der Waals surface area (Å²) < 4.78 is 46.9. The second kappa shape index (κ2) is 17.2. The average molecular weight is 475 g/mol. The van der Waals surface area contributed by atoms with E-state index in [0.717, 1.165) is 0 Å². The molecule has 0 bridgehead atoms. The second-order valence-corrected chi connectivity index (χ2v) is 7.98. The number of halogens is 1. The monoisotopic (exact) mass is 474 g/mol. The van der Waals surface area contributed by atoms with Gasteiger partial charge in [0, 0.05) is 19.2 Å². The number of methoxy groups -OCH3 is 1.